The molecule has 2 atom stereocenters. The highest BCUT2D eigenvalue weighted by Gasteiger charge is 2.29. The lowest BCUT2D eigenvalue weighted by Crippen LogP contribution is -2.42. The van der Waals surface area contributed by atoms with Crippen molar-refractivity contribution in [3.63, 3.8) is 0 Å². The van der Waals surface area contributed by atoms with E-state index in [-0.39, 0.29) is 12.1 Å². The van der Waals surface area contributed by atoms with E-state index < -0.39 is 6.10 Å². The Hall–Kier alpha value is -1.55. The molecule has 0 radical (unpaired) electrons. The number of hydrogen-bond donors (Lipinski definition) is 2. The van der Waals surface area contributed by atoms with Crippen LogP contribution in [0.1, 0.15) is 31.4 Å². The van der Waals surface area contributed by atoms with Crippen molar-refractivity contribution in [3.05, 3.63) is 35.9 Å². The minimum atomic E-state index is -0.508. The third-order valence-corrected chi connectivity index (χ3v) is 3.25. The molecule has 18 heavy (non-hydrogen) atoms. The number of urea groups is 1. The Morgan fingerprint density at radius 1 is 1.50 bits per heavy atom. The summed E-state index contributed by atoms with van der Waals surface area (Å²) in [6.07, 6.45) is 1.53. The first-order valence-electron chi connectivity index (χ1n) is 6.46. The first-order valence-corrected chi connectivity index (χ1v) is 6.46. The van der Waals surface area contributed by atoms with Gasteiger partial charge in [0.15, 0.2) is 0 Å². The second-order valence-electron chi connectivity index (χ2n) is 4.80. The second kappa shape index (κ2) is 5.87. The molecule has 1 aliphatic heterocycles. The molecule has 1 aromatic carbocycles. The Kier molecular flexibility index (Phi) is 4.20. The van der Waals surface area contributed by atoms with Crippen LogP contribution in [0.4, 0.5) is 4.79 Å². The monoisotopic (exact) mass is 248 g/mol. The zero-order valence-electron chi connectivity index (χ0n) is 10.7. The summed E-state index contributed by atoms with van der Waals surface area (Å²) < 4.78 is 0. The summed E-state index contributed by atoms with van der Waals surface area (Å²) in [5.41, 5.74) is 1.18. The van der Waals surface area contributed by atoms with E-state index in [9.17, 15) is 9.90 Å². The van der Waals surface area contributed by atoms with E-state index in [4.69, 9.17) is 0 Å². The van der Waals surface area contributed by atoms with Crippen LogP contribution in [0.2, 0.25) is 0 Å². The van der Waals surface area contributed by atoms with Crippen molar-refractivity contribution in [2.45, 2.75) is 31.9 Å². The number of aliphatic hydroxyl groups is 1. The van der Waals surface area contributed by atoms with Crippen molar-refractivity contribution in [2.75, 3.05) is 13.1 Å². The molecule has 2 N–H and O–H groups in total. The third-order valence-electron chi connectivity index (χ3n) is 3.25. The molecule has 0 bridgehead atoms. The van der Waals surface area contributed by atoms with Crippen molar-refractivity contribution in [2.24, 2.45) is 0 Å². The number of amides is 2. The van der Waals surface area contributed by atoms with Gasteiger partial charge in [-0.25, -0.2) is 4.79 Å². The fraction of sp³-hybridized carbons (Fsp3) is 0.500. The van der Waals surface area contributed by atoms with Crippen LogP contribution in [0, 0.1) is 0 Å². The first-order chi connectivity index (χ1) is 8.68. The number of nitrogens with one attached hydrogen (secondary N) is 1. The molecule has 4 heteroatoms. The van der Waals surface area contributed by atoms with Crippen LogP contribution in [0.5, 0.6) is 0 Å². The molecule has 1 unspecified atom stereocenters. The lowest BCUT2D eigenvalue weighted by molar-refractivity contribution is 0.169. The van der Waals surface area contributed by atoms with Crippen LogP contribution in [0.25, 0.3) is 0 Å². The molecule has 1 heterocycles. The number of carbonyl (C=O) groups excluding carboxylic acids is 1. The molecule has 1 fully saturated rings. The summed E-state index contributed by atoms with van der Waals surface area (Å²) in [6.45, 7) is 2.75. The predicted octanol–water partition coefficient (Wildman–Crippen LogP) is 1.91. The molecule has 2 amide bonds. The zero-order valence-corrected chi connectivity index (χ0v) is 10.7. The standard InChI is InChI=1S/C14H20N2O2/c1-11(17)10-15-14(18)16-9-5-8-13(16)12-6-3-2-4-7-12/h2-4,6-7,11,13,17H,5,8-10H2,1H3,(H,15,18)/t11-,13?/m0/s1. The number of nitrogens with zero attached hydrogens (tertiary/aromatic N) is 1. The van der Waals surface area contributed by atoms with Gasteiger partial charge < -0.3 is 15.3 Å². The molecule has 0 spiro atoms. The van der Waals surface area contributed by atoms with Gasteiger partial charge in [0.2, 0.25) is 0 Å². The van der Waals surface area contributed by atoms with E-state index in [2.05, 4.69) is 17.4 Å². The summed E-state index contributed by atoms with van der Waals surface area (Å²) in [5, 5.41) is 12.0. The summed E-state index contributed by atoms with van der Waals surface area (Å²) >= 11 is 0. The number of likely N-dealkylation sites (tertiary alicyclic amines) is 1. The van der Waals surface area contributed by atoms with Gasteiger partial charge >= 0.3 is 6.03 Å². The summed E-state index contributed by atoms with van der Waals surface area (Å²) in [7, 11) is 0. The van der Waals surface area contributed by atoms with Gasteiger partial charge in [0.25, 0.3) is 0 Å². The van der Waals surface area contributed by atoms with Gasteiger partial charge in [-0.3, -0.25) is 0 Å². The first kappa shape index (κ1) is 12.9. The highest BCUT2D eigenvalue weighted by Crippen LogP contribution is 2.31. The van der Waals surface area contributed by atoms with Crippen LogP contribution in [0.3, 0.4) is 0 Å². The van der Waals surface area contributed by atoms with Crippen LogP contribution in [-0.2, 0) is 0 Å². The van der Waals surface area contributed by atoms with Gasteiger partial charge in [-0.15, -0.1) is 0 Å². The molecular weight excluding hydrogens is 228 g/mol. The minimum Gasteiger partial charge on any atom is -0.392 e. The van der Waals surface area contributed by atoms with Crippen molar-refractivity contribution in [3.8, 4) is 0 Å². The smallest absolute Gasteiger partial charge is 0.318 e. The lowest BCUT2D eigenvalue weighted by atomic mass is 10.1. The average Bonchev–Trinajstić information content (AvgIpc) is 2.86. The van der Waals surface area contributed by atoms with Gasteiger partial charge in [0.05, 0.1) is 12.1 Å². The van der Waals surface area contributed by atoms with Crippen LogP contribution in [0.15, 0.2) is 30.3 Å². The van der Waals surface area contributed by atoms with E-state index in [0.29, 0.717) is 6.54 Å². The van der Waals surface area contributed by atoms with Crippen molar-refractivity contribution in [1.82, 2.24) is 10.2 Å². The maximum absolute atomic E-state index is 12.0. The summed E-state index contributed by atoms with van der Waals surface area (Å²) in [5.74, 6) is 0. The number of aliphatic hydroxyl groups excluding tert-OH is 1. The Morgan fingerprint density at radius 2 is 2.22 bits per heavy atom. The minimum absolute atomic E-state index is 0.0812. The highest BCUT2D eigenvalue weighted by atomic mass is 16.3. The van der Waals surface area contributed by atoms with Gasteiger partial charge in [-0.1, -0.05) is 30.3 Å². The summed E-state index contributed by atoms with van der Waals surface area (Å²) in [4.78, 5) is 13.9. The SMILES string of the molecule is C[C@H](O)CNC(=O)N1CCCC1c1ccccc1. The Labute approximate surface area is 108 Å². The van der Waals surface area contributed by atoms with Gasteiger partial charge in [-0.05, 0) is 25.3 Å². The maximum atomic E-state index is 12.0. The molecule has 0 saturated carbocycles. The van der Waals surface area contributed by atoms with E-state index in [1.54, 1.807) is 6.92 Å². The molecule has 0 aliphatic carbocycles. The molecule has 2 rings (SSSR count). The van der Waals surface area contributed by atoms with E-state index in [1.807, 2.05) is 23.1 Å². The maximum Gasteiger partial charge on any atom is 0.318 e. The molecule has 98 valence electrons. The van der Waals surface area contributed by atoms with Gasteiger partial charge in [0, 0.05) is 13.1 Å². The molecule has 1 saturated heterocycles. The van der Waals surface area contributed by atoms with E-state index in [0.717, 1.165) is 19.4 Å². The Morgan fingerprint density at radius 3 is 2.89 bits per heavy atom. The average molecular weight is 248 g/mol. The lowest BCUT2D eigenvalue weighted by Gasteiger charge is -2.25. The summed E-state index contributed by atoms with van der Waals surface area (Å²) in [6, 6.07) is 10.2. The van der Waals surface area contributed by atoms with Crippen LogP contribution < -0.4 is 5.32 Å². The Balaban J connectivity index is 2.01. The number of carbonyl (C=O) groups is 1. The topological polar surface area (TPSA) is 52.6 Å². The molecular formula is C14H20N2O2. The zero-order chi connectivity index (χ0) is 13.0. The third kappa shape index (κ3) is 3.01. The van der Waals surface area contributed by atoms with Gasteiger partial charge in [-0.2, -0.15) is 0 Å². The largest absolute Gasteiger partial charge is 0.392 e. The second-order valence-corrected chi connectivity index (χ2v) is 4.80. The fourth-order valence-corrected chi connectivity index (χ4v) is 2.37. The Bertz CT molecular complexity index is 392. The fourth-order valence-electron chi connectivity index (χ4n) is 2.37. The molecule has 4 nitrogen and oxygen atoms in total. The highest BCUT2D eigenvalue weighted by molar-refractivity contribution is 5.75. The molecule has 0 aromatic heterocycles. The van der Waals surface area contributed by atoms with E-state index >= 15 is 0 Å². The van der Waals surface area contributed by atoms with Crippen molar-refractivity contribution >= 4 is 6.03 Å². The number of hydrogen-bond acceptors (Lipinski definition) is 2. The quantitative estimate of drug-likeness (QED) is 0.858. The van der Waals surface area contributed by atoms with E-state index in [1.165, 1.54) is 5.56 Å². The van der Waals surface area contributed by atoms with Gasteiger partial charge in [0.1, 0.15) is 0 Å². The van der Waals surface area contributed by atoms with Crippen molar-refractivity contribution in [1.29, 1.82) is 0 Å². The number of benzene rings is 1. The predicted molar refractivity (Wildman–Crippen MR) is 70.2 cm³/mol. The normalized spacial score (nSPS) is 20.8. The van der Waals surface area contributed by atoms with Crippen LogP contribution >= 0.6 is 0 Å². The van der Waals surface area contributed by atoms with Crippen molar-refractivity contribution < 1.29 is 9.90 Å². The molecule has 1 aliphatic rings. The van der Waals surface area contributed by atoms with Crippen LogP contribution in [-0.4, -0.2) is 35.2 Å². The molecule has 1 aromatic rings. The number of rotatable bonds is 3.